The summed E-state index contributed by atoms with van der Waals surface area (Å²) < 4.78 is 4.64. The second-order valence-corrected chi connectivity index (χ2v) is 3.34. The van der Waals surface area contributed by atoms with Crippen molar-refractivity contribution in [2.75, 3.05) is 13.7 Å². The van der Waals surface area contributed by atoms with Gasteiger partial charge in [-0.15, -0.1) is 12.3 Å². The minimum atomic E-state index is -0.167. The second kappa shape index (κ2) is 4.88. The van der Waals surface area contributed by atoms with Gasteiger partial charge in [0, 0.05) is 6.42 Å². The number of rotatable bonds is 2. The molecule has 1 aliphatic rings. The Hall–Kier alpha value is -1.01. The van der Waals surface area contributed by atoms with E-state index in [1.807, 2.05) is 0 Å². The number of carbonyl (C=O) groups excluding carboxylic acids is 1. The van der Waals surface area contributed by atoms with Crippen LogP contribution >= 0.6 is 0 Å². The van der Waals surface area contributed by atoms with Crippen LogP contribution < -0.4 is 5.32 Å². The maximum atomic E-state index is 11.1. The Morgan fingerprint density at radius 1 is 1.69 bits per heavy atom. The number of methoxy groups -OCH3 is 1. The number of hydrogen-bond donors (Lipinski definition) is 1. The molecule has 72 valence electrons. The molecule has 13 heavy (non-hydrogen) atoms. The van der Waals surface area contributed by atoms with Gasteiger partial charge in [-0.25, -0.2) is 0 Å². The minimum Gasteiger partial charge on any atom is -0.468 e. The third-order valence-corrected chi connectivity index (χ3v) is 2.41. The van der Waals surface area contributed by atoms with E-state index in [0.717, 1.165) is 25.8 Å². The molecule has 1 fully saturated rings. The molecule has 0 aliphatic carbocycles. The van der Waals surface area contributed by atoms with E-state index in [1.54, 1.807) is 0 Å². The van der Waals surface area contributed by atoms with Crippen LogP contribution in [-0.2, 0) is 9.53 Å². The summed E-state index contributed by atoms with van der Waals surface area (Å²) in [4.78, 5) is 11.1. The highest BCUT2D eigenvalue weighted by Gasteiger charge is 2.25. The molecule has 0 radical (unpaired) electrons. The van der Waals surface area contributed by atoms with E-state index < -0.39 is 0 Å². The van der Waals surface area contributed by atoms with Gasteiger partial charge in [0.05, 0.1) is 7.11 Å². The lowest BCUT2D eigenvalue weighted by molar-refractivity contribution is -0.143. The molecule has 1 N–H and O–H groups in total. The molecule has 0 aromatic carbocycles. The maximum absolute atomic E-state index is 11.1. The first kappa shape index (κ1) is 10.1. The topological polar surface area (TPSA) is 38.3 Å². The third-order valence-electron chi connectivity index (χ3n) is 2.41. The van der Waals surface area contributed by atoms with Crippen LogP contribution in [0.25, 0.3) is 0 Å². The lowest BCUT2D eigenvalue weighted by Crippen LogP contribution is -2.44. The Kier molecular flexibility index (Phi) is 3.78. The average molecular weight is 181 g/mol. The number of ether oxygens (including phenoxy) is 1. The maximum Gasteiger partial charge on any atom is 0.322 e. The molecule has 3 nitrogen and oxygen atoms in total. The zero-order chi connectivity index (χ0) is 9.68. The molecule has 0 amide bonds. The van der Waals surface area contributed by atoms with Crippen LogP contribution in [0.3, 0.4) is 0 Å². The van der Waals surface area contributed by atoms with Gasteiger partial charge < -0.3 is 10.1 Å². The SMILES string of the molecule is C#CCC1CC[C@@H](C(=O)OC)NC1. The molecular weight excluding hydrogens is 166 g/mol. The van der Waals surface area contributed by atoms with Gasteiger partial charge in [-0.05, 0) is 25.3 Å². The van der Waals surface area contributed by atoms with Crippen LogP contribution in [0.5, 0.6) is 0 Å². The van der Waals surface area contributed by atoms with Crippen molar-refractivity contribution in [1.82, 2.24) is 5.32 Å². The zero-order valence-electron chi connectivity index (χ0n) is 7.88. The fraction of sp³-hybridized carbons (Fsp3) is 0.700. The van der Waals surface area contributed by atoms with Gasteiger partial charge in [0.1, 0.15) is 6.04 Å². The number of nitrogens with one attached hydrogen (secondary N) is 1. The standard InChI is InChI=1S/C10H15NO2/c1-3-4-8-5-6-9(11-7-8)10(12)13-2/h1,8-9,11H,4-7H2,2H3/t8?,9-/m0/s1. The second-order valence-electron chi connectivity index (χ2n) is 3.34. The van der Waals surface area contributed by atoms with E-state index in [2.05, 4.69) is 16.0 Å². The molecule has 0 aromatic heterocycles. The van der Waals surface area contributed by atoms with E-state index in [1.165, 1.54) is 7.11 Å². The van der Waals surface area contributed by atoms with E-state index in [9.17, 15) is 4.79 Å². The van der Waals surface area contributed by atoms with Crippen molar-refractivity contribution in [1.29, 1.82) is 0 Å². The van der Waals surface area contributed by atoms with Crippen LogP contribution in [0.15, 0.2) is 0 Å². The first-order chi connectivity index (χ1) is 6.27. The first-order valence-corrected chi connectivity index (χ1v) is 4.52. The first-order valence-electron chi connectivity index (χ1n) is 4.52. The van der Waals surface area contributed by atoms with Gasteiger partial charge in [-0.1, -0.05) is 0 Å². The quantitative estimate of drug-likeness (QED) is 0.499. The molecule has 1 aliphatic heterocycles. The highest BCUT2D eigenvalue weighted by molar-refractivity contribution is 5.75. The molecule has 1 unspecified atom stereocenters. The molecule has 0 saturated carbocycles. The molecule has 1 saturated heterocycles. The summed E-state index contributed by atoms with van der Waals surface area (Å²) in [6.45, 7) is 0.823. The zero-order valence-corrected chi connectivity index (χ0v) is 7.88. The van der Waals surface area contributed by atoms with Gasteiger partial charge >= 0.3 is 5.97 Å². The van der Waals surface area contributed by atoms with Crippen molar-refractivity contribution in [3.63, 3.8) is 0 Å². The fourth-order valence-electron chi connectivity index (χ4n) is 1.60. The minimum absolute atomic E-state index is 0.126. The van der Waals surface area contributed by atoms with Crippen molar-refractivity contribution in [3.05, 3.63) is 0 Å². The van der Waals surface area contributed by atoms with Crippen LogP contribution in [-0.4, -0.2) is 25.7 Å². The third kappa shape index (κ3) is 2.74. The van der Waals surface area contributed by atoms with E-state index in [4.69, 9.17) is 6.42 Å². The lowest BCUT2D eigenvalue weighted by Gasteiger charge is -2.26. The number of terminal acetylenes is 1. The highest BCUT2D eigenvalue weighted by Crippen LogP contribution is 2.17. The van der Waals surface area contributed by atoms with Crippen molar-refractivity contribution in [2.45, 2.75) is 25.3 Å². The summed E-state index contributed by atoms with van der Waals surface area (Å²) in [5.41, 5.74) is 0. The molecule has 0 aromatic rings. The molecule has 1 rings (SSSR count). The molecule has 3 heteroatoms. The predicted molar refractivity (Wildman–Crippen MR) is 50.0 cm³/mol. The van der Waals surface area contributed by atoms with Crippen molar-refractivity contribution in [2.24, 2.45) is 5.92 Å². The number of carbonyl (C=O) groups is 1. The van der Waals surface area contributed by atoms with Crippen LogP contribution in [0, 0.1) is 18.3 Å². The highest BCUT2D eigenvalue weighted by atomic mass is 16.5. The monoisotopic (exact) mass is 181 g/mol. The molecule has 2 atom stereocenters. The smallest absolute Gasteiger partial charge is 0.322 e. The van der Waals surface area contributed by atoms with Crippen LogP contribution in [0.2, 0.25) is 0 Å². The van der Waals surface area contributed by atoms with Gasteiger partial charge in [-0.3, -0.25) is 4.79 Å². The van der Waals surface area contributed by atoms with Gasteiger partial charge in [0.25, 0.3) is 0 Å². The van der Waals surface area contributed by atoms with E-state index >= 15 is 0 Å². The number of piperidine rings is 1. The summed E-state index contributed by atoms with van der Waals surface area (Å²) in [5.74, 6) is 2.99. The molecule has 0 bridgehead atoms. The van der Waals surface area contributed by atoms with Crippen molar-refractivity contribution in [3.8, 4) is 12.3 Å². The van der Waals surface area contributed by atoms with Gasteiger partial charge in [0.2, 0.25) is 0 Å². The van der Waals surface area contributed by atoms with E-state index in [-0.39, 0.29) is 12.0 Å². The molecule has 0 spiro atoms. The Morgan fingerprint density at radius 2 is 2.46 bits per heavy atom. The van der Waals surface area contributed by atoms with E-state index in [0.29, 0.717) is 5.92 Å². The van der Waals surface area contributed by atoms with Crippen LogP contribution in [0.4, 0.5) is 0 Å². The summed E-state index contributed by atoms with van der Waals surface area (Å²) >= 11 is 0. The summed E-state index contributed by atoms with van der Waals surface area (Å²) in [5, 5.41) is 3.13. The Labute approximate surface area is 78.8 Å². The average Bonchev–Trinajstić information content (AvgIpc) is 2.18. The summed E-state index contributed by atoms with van der Waals surface area (Å²) in [6.07, 6.45) is 7.85. The van der Waals surface area contributed by atoms with Crippen molar-refractivity contribution < 1.29 is 9.53 Å². The normalized spacial score (nSPS) is 27.7. The lowest BCUT2D eigenvalue weighted by atomic mass is 9.92. The Bertz CT molecular complexity index is 211. The predicted octanol–water partition coefficient (Wildman–Crippen LogP) is 0.551. The Balaban J connectivity index is 2.31. The summed E-state index contributed by atoms with van der Waals surface area (Å²) in [6, 6.07) is -0.126. The Morgan fingerprint density at radius 3 is 2.92 bits per heavy atom. The number of hydrogen-bond acceptors (Lipinski definition) is 3. The van der Waals surface area contributed by atoms with Crippen LogP contribution in [0.1, 0.15) is 19.3 Å². The summed E-state index contributed by atoms with van der Waals surface area (Å²) in [7, 11) is 1.41. The van der Waals surface area contributed by atoms with Gasteiger partial charge in [0.15, 0.2) is 0 Å². The molecular formula is C10H15NO2. The van der Waals surface area contributed by atoms with Crippen molar-refractivity contribution >= 4 is 5.97 Å². The van der Waals surface area contributed by atoms with Gasteiger partial charge in [-0.2, -0.15) is 0 Å². The number of esters is 1. The molecule has 1 heterocycles. The fourth-order valence-corrected chi connectivity index (χ4v) is 1.60. The largest absolute Gasteiger partial charge is 0.468 e.